The van der Waals surface area contributed by atoms with Crippen molar-refractivity contribution in [3.05, 3.63) is 53.3 Å². The van der Waals surface area contributed by atoms with Crippen molar-refractivity contribution in [2.45, 2.75) is 25.7 Å². The first-order valence-electron chi connectivity index (χ1n) is 9.14. The summed E-state index contributed by atoms with van der Waals surface area (Å²) >= 11 is 0. The predicted octanol–water partition coefficient (Wildman–Crippen LogP) is 2.33. The van der Waals surface area contributed by atoms with Crippen LogP contribution in [0.15, 0.2) is 36.7 Å². The minimum atomic E-state index is -4.36. The number of nitrogens with zero attached hydrogens (tertiary/aromatic N) is 4. The second-order valence-corrected chi connectivity index (χ2v) is 6.90. The topological polar surface area (TPSA) is 78.7 Å². The van der Waals surface area contributed by atoms with Crippen LogP contribution in [0.3, 0.4) is 0 Å². The number of amides is 1. The molecule has 1 fully saturated rings. The maximum atomic E-state index is 12.8. The fourth-order valence-electron chi connectivity index (χ4n) is 3.22. The van der Waals surface area contributed by atoms with Gasteiger partial charge >= 0.3 is 12.1 Å². The smallest absolute Gasteiger partial charge is 0.416 e. The Bertz CT molecular complexity index is 874. The maximum absolute atomic E-state index is 12.8. The van der Waals surface area contributed by atoms with E-state index in [1.165, 1.54) is 23.1 Å². The van der Waals surface area contributed by atoms with Gasteiger partial charge in [-0.05, 0) is 11.6 Å². The average Bonchev–Trinajstić information content (AvgIpc) is 3.16. The first-order chi connectivity index (χ1) is 13.7. The highest BCUT2D eigenvalue weighted by Crippen LogP contribution is 2.29. The van der Waals surface area contributed by atoms with E-state index in [0.717, 1.165) is 12.1 Å². The molecule has 3 rings (SSSR count). The maximum Gasteiger partial charge on any atom is 0.416 e. The molecule has 29 heavy (non-hydrogen) atoms. The zero-order valence-corrected chi connectivity index (χ0v) is 15.6. The third-order valence-corrected chi connectivity index (χ3v) is 4.82. The zero-order valence-electron chi connectivity index (χ0n) is 15.6. The van der Waals surface area contributed by atoms with Gasteiger partial charge in [0.25, 0.3) is 0 Å². The normalized spacial score (nSPS) is 15.5. The summed E-state index contributed by atoms with van der Waals surface area (Å²) in [5.74, 6) is -1.13. The van der Waals surface area contributed by atoms with Crippen molar-refractivity contribution in [2.75, 3.05) is 26.2 Å². The minimum absolute atomic E-state index is 0.0592. The fraction of sp³-hybridized carbons (Fsp3) is 0.421. The van der Waals surface area contributed by atoms with Crippen LogP contribution in [0.1, 0.15) is 27.9 Å². The highest BCUT2D eigenvalue weighted by Gasteiger charge is 2.30. The molecule has 2 heterocycles. The Morgan fingerprint density at radius 2 is 1.86 bits per heavy atom. The molecule has 1 aliphatic rings. The lowest BCUT2D eigenvalue weighted by Crippen LogP contribution is -2.48. The van der Waals surface area contributed by atoms with Crippen LogP contribution in [0.2, 0.25) is 0 Å². The van der Waals surface area contributed by atoms with Crippen LogP contribution in [0.4, 0.5) is 13.2 Å². The van der Waals surface area contributed by atoms with E-state index in [4.69, 9.17) is 5.11 Å². The molecule has 1 aliphatic heterocycles. The van der Waals surface area contributed by atoms with E-state index >= 15 is 0 Å². The van der Waals surface area contributed by atoms with Crippen LogP contribution in [-0.2, 0) is 24.1 Å². The Morgan fingerprint density at radius 1 is 1.14 bits per heavy atom. The number of piperazine rings is 1. The molecule has 1 saturated heterocycles. The van der Waals surface area contributed by atoms with E-state index in [9.17, 15) is 22.8 Å². The van der Waals surface area contributed by atoms with E-state index in [1.807, 2.05) is 4.90 Å². The zero-order chi connectivity index (χ0) is 21.0. The minimum Gasteiger partial charge on any atom is -0.478 e. The van der Waals surface area contributed by atoms with Crippen LogP contribution in [0, 0.1) is 0 Å². The number of aryl methyl sites for hydroxylation is 1. The molecule has 10 heteroatoms. The number of carboxylic acid groups (broad SMARTS) is 1. The number of aromatic carboxylic acids is 1. The van der Waals surface area contributed by atoms with Crippen LogP contribution >= 0.6 is 0 Å². The molecular formula is C19H21F3N4O3. The fourth-order valence-corrected chi connectivity index (χ4v) is 3.22. The SMILES string of the molecule is O=C(O)c1cnn(CCC(=O)N2CCN(Cc3cccc(C(F)(F)F)c3)CC2)c1. The Morgan fingerprint density at radius 3 is 2.48 bits per heavy atom. The summed E-state index contributed by atoms with van der Waals surface area (Å²) in [6, 6.07) is 5.29. The van der Waals surface area contributed by atoms with Crippen LogP contribution in [-0.4, -0.2) is 62.7 Å². The van der Waals surface area contributed by atoms with E-state index < -0.39 is 17.7 Å². The number of carbonyl (C=O) groups excluding carboxylic acids is 1. The molecule has 0 unspecified atom stereocenters. The summed E-state index contributed by atoms with van der Waals surface area (Å²) in [6.07, 6.45) is -1.54. The molecule has 156 valence electrons. The lowest BCUT2D eigenvalue weighted by atomic mass is 10.1. The monoisotopic (exact) mass is 410 g/mol. The number of carboxylic acids is 1. The molecular weight excluding hydrogens is 389 g/mol. The van der Waals surface area contributed by atoms with Crippen molar-refractivity contribution >= 4 is 11.9 Å². The van der Waals surface area contributed by atoms with Crippen molar-refractivity contribution in [1.82, 2.24) is 19.6 Å². The molecule has 0 atom stereocenters. The van der Waals surface area contributed by atoms with Crippen LogP contribution < -0.4 is 0 Å². The Labute approximate surface area is 165 Å². The number of aromatic nitrogens is 2. The van der Waals surface area contributed by atoms with Crippen molar-refractivity contribution in [1.29, 1.82) is 0 Å². The number of benzene rings is 1. The van der Waals surface area contributed by atoms with Crippen molar-refractivity contribution in [3.63, 3.8) is 0 Å². The molecule has 1 aromatic heterocycles. The highest BCUT2D eigenvalue weighted by molar-refractivity contribution is 5.86. The summed E-state index contributed by atoms with van der Waals surface area (Å²) in [6.45, 7) is 2.84. The van der Waals surface area contributed by atoms with E-state index in [2.05, 4.69) is 5.10 Å². The average molecular weight is 410 g/mol. The summed E-state index contributed by atoms with van der Waals surface area (Å²) in [5, 5.41) is 12.8. The number of alkyl halides is 3. The van der Waals surface area contributed by atoms with Crippen molar-refractivity contribution in [2.24, 2.45) is 0 Å². The lowest BCUT2D eigenvalue weighted by molar-refractivity contribution is -0.137. The Hall–Kier alpha value is -2.88. The Balaban J connectivity index is 1.46. The standard InChI is InChI=1S/C19H21F3N4O3/c20-19(21,22)16-3-1-2-14(10-16)12-24-6-8-25(9-7-24)17(27)4-5-26-13-15(11-23-26)18(28)29/h1-3,10-11,13H,4-9,12H2,(H,28,29). The van der Waals surface area contributed by atoms with Gasteiger partial charge in [0.05, 0.1) is 17.3 Å². The molecule has 7 nitrogen and oxygen atoms in total. The predicted molar refractivity (Wildman–Crippen MR) is 97.1 cm³/mol. The summed E-state index contributed by atoms with van der Waals surface area (Å²) in [5.41, 5.74) is 0.00154. The molecule has 0 spiro atoms. The van der Waals surface area contributed by atoms with Gasteiger partial charge in [0.15, 0.2) is 0 Å². The molecule has 1 aromatic carbocycles. The number of hydrogen-bond acceptors (Lipinski definition) is 4. The van der Waals surface area contributed by atoms with E-state index in [-0.39, 0.29) is 24.4 Å². The van der Waals surface area contributed by atoms with Gasteiger partial charge in [0.2, 0.25) is 5.91 Å². The summed E-state index contributed by atoms with van der Waals surface area (Å²) in [7, 11) is 0. The third kappa shape index (κ3) is 5.57. The van der Waals surface area contributed by atoms with Gasteiger partial charge in [-0.15, -0.1) is 0 Å². The second kappa shape index (κ2) is 8.64. The molecule has 1 amide bonds. The highest BCUT2D eigenvalue weighted by atomic mass is 19.4. The van der Waals surface area contributed by atoms with Gasteiger partial charge in [-0.3, -0.25) is 14.4 Å². The first kappa shape index (κ1) is 20.8. The van der Waals surface area contributed by atoms with Gasteiger partial charge < -0.3 is 10.0 Å². The Kier molecular flexibility index (Phi) is 6.21. The van der Waals surface area contributed by atoms with Crippen molar-refractivity contribution < 1.29 is 27.9 Å². The molecule has 0 radical (unpaired) electrons. The number of hydrogen-bond donors (Lipinski definition) is 1. The van der Waals surface area contributed by atoms with Gasteiger partial charge in [-0.2, -0.15) is 18.3 Å². The third-order valence-electron chi connectivity index (χ3n) is 4.82. The van der Waals surface area contributed by atoms with Gasteiger partial charge in [-0.1, -0.05) is 18.2 Å². The van der Waals surface area contributed by atoms with Gasteiger partial charge in [0, 0.05) is 51.9 Å². The first-order valence-corrected chi connectivity index (χ1v) is 9.14. The van der Waals surface area contributed by atoms with Crippen LogP contribution in [0.25, 0.3) is 0 Å². The van der Waals surface area contributed by atoms with E-state index in [1.54, 1.807) is 11.0 Å². The second-order valence-electron chi connectivity index (χ2n) is 6.90. The molecule has 2 aromatic rings. The molecule has 0 aliphatic carbocycles. The quantitative estimate of drug-likeness (QED) is 0.791. The number of rotatable bonds is 6. The summed E-state index contributed by atoms with van der Waals surface area (Å²) < 4.78 is 39.9. The van der Waals surface area contributed by atoms with Gasteiger partial charge in [0.1, 0.15) is 0 Å². The number of halogens is 3. The largest absolute Gasteiger partial charge is 0.478 e. The van der Waals surface area contributed by atoms with Crippen LogP contribution in [0.5, 0.6) is 0 Å². The summed E-state index contributed by atoms with van der Waals surface area (Å²) in [4.78, 5) is 26.9. The van der Waals surface area contributed by atoms with Crippen molar-refractivity contribution in [3.8, 4) is 0 Å². The number of carbonyl (C=O) groups is 2. The molecule has 1 N–H and O–H groups in total. The lowest BCUT2D eigenvalue weighted by Gasteiger charge is -2.35. The van der Waals surface area contributed by atoms with Gasteiger partial charge in [-0.25, -0.2) is 4.79 Å². The van der Waals surface area contributed by atoms with E-state index in [0.29, 0.717) is 38.3 Å². The molecule has 0 bridgehead atoms. The molecule has 0 saturated carbocycles.